The molecule has 1 fully saturated rings. The van der Waals surface area contributed by atoms with Crippen LogP contribution in [0.4, 0.5) is 9.59 Å². The number of nitrogens with one attached hydrogen (secondary N) is 1. The predicted octanol–water partition coefficient (Wildman–Crippen LogP) is 4.38. The summed E-state index contributed by atoms with van der Waals surface area (Å²) in [6, 6.07) is 5.54. The summed E-state index contributed by atoms with van der Waals surface area (Å²) in [4.78, 5) is 21.8. The van der Waals surface area contributed by atoms with E-state index in [4.69, 9.17) is 29.2 Å². The topological polar surface area (TPSA) is 124 Å². The van der Waals surface area contributed by atoms with Gasteiger partial charge in [0.1, 0.15) is 0 Å². The molecule has 0 aliphatic heterocycles. The predicted molar refractivity (Wildman–Crippen MR) is 108 cm³/mol. The number of carbonyl (C=O) groups is 2. The first-order valence-electron chi connectivity index (χ1n) is 10.2. The van der Waals surface area contributed by atoms with Crippen LogP contribution in [0.25, 0.3) is 0 Å². The first-order valence-corrected chi connectivity index (χ1v) is 10.2. The van der Waals surface area contributed by atoms with Crippen LogP contribution in [-0.4, -0.2) is 48.1 Å². The van der Waals surface area contributed by atoms with Gasteiger partial charge in [-0.2, -0.15) is 0 Å². The van der Waals surface area contributed by atoms with Gasteiger partial charge in [-0.15, -0.1) is 0 Å². The quantitative estimate of drug-likeness (QED) is 0.254. The van der Waals surface area contributed by atoms with Crippen LogP contribution in [0.2, 0.25) is 0 Å². The molecule has 1 aliphatic rings. The molecule has 0 saturated heterocycles. The average molecular weight is 425 g/mol. The van der Waals surface area contributed by atoms with E-state index < -0.39 is 18.1 Å². The minimum Gasteiger partial charge on any atom is -0.493 e. The molecule has 168 valence electrons. The zero-order chi connectivity index (χ0) is 22.0. The van der Waals surface area contributed by atoms with Gasteiger partial charge < -0.3 is 34.5 Å². The summed E-state index contributed by atoms with van der Waals surface area (Å²) in [5.41, 5.74) is 0.959. The van der Waals surface area contributed by atoms with Crippen LogP contribution >= 0.6 is 0 Å². The van der Waals surface area contributed by atoms with Crippen molar-refractivity contribution < 1.29 is 38.7 Å². The molecule has 0 radical (unpaired) electrons. The van der Waals surface area contributed by atoms with Crippen molar-refractivity contribution in [3.8, 4) is 11.5 Å². The van der Waals surface area contributed by atoms with E-state index in [2.05, 4.69) is 12.2 Å². The van der Waals surface area contributed by atoms with E-state index in [9.17, 15) is 9.59 Å². The van der Waals surface area contributed by atoms with E-state index in [0.717, 1.165) is 18.4 Å². The second-order valence-electron chi connectivity index (χ2n) is 7.36. The first-order chi connectivity index (χ1) is 14.4. The van der Waals surface area contributed by atoms with E-state index >= 15 is 0 Å². The van der Waals surface area contributed by atoms with Crippen LogP contribution in [0, 0.1) is 0 Å². The van der Waals surface area contributed by atoms with Gasteiger partial charge in [0, 0.05) is 25.4 Å². The molecule has 3 N–H and O–H groups in total. The van der Waals surface area contributed by atoms with Crippen molar-refractivity contribution in [3.05, 3.63) is 23.8 Å². The number of hydrogen-bond donors (Lipinski definition) is 3. The summed E-state index contributed by atoms with van der Waals surface area (Å²) in [7, 11) is 1.59. The van der Waals surface area contributed by atoms with Gasteiger partial charge in [0.25, 0.3) is 5.79 Å². The maximum atomic E-state index is 10.9. The van der Waals surface area contributed by atoms with E-state index in [-0.39, 0.29) is 18.9 Å². The van der Waals surface area contributed by atoms with Gasteiger partial charge in [0.15, 0.2) is 11.5 Å². The molecule has 1 aliphatic carbocycles. The molecular formula is C21H31NO8. The van der Waals surface area contributed by atoms with Crippen molar-refractivity contribution in [2.45, 2.75) is 70.2 Å². The first kappa shape index (κ1) is 23.6. The van der Waals surface area contributed by atoms with Crippen molar-refractivity contribution in [3.63, 3.8) is 0 Å². The van der Waals surface area contributed by atoms with Gasteiger partial charge in [0.05, 0.1) is 13.7 Å². The Morgan fingerprint density at radius 1 is 1.13 bits per heavy atom. The molecule has 1 unspecified atom stereocenters. The number of methoxy groups -OCH3 is 1. The molecule has 0 bridgehead atoms. The summed E-state index contributed by atoms with van der Waals surface area (Å²) in [6.45, 7) is 3.31. The van der Waals surface area contributed by atoms with E-state index in [1.165, 1.54) is 12.8 Å². The third-order valence-electron chi connectivity index (χ3n) is 5.06. The Balaban J connectivity index is 1.89. The fraction of sp³-hybridized carbons (Fsp3) is 0.619. The molecule has 1 aromatic carbocycles. The van der Waals surface area contributed by atoms with Crippen molar-refractivity contribution >= 4 is 12.3 Å². The number of carboxylic acid groups (broad SMARTS) is 2. The zero-order valence-electron chi connectivity index (χ0n) is 17.5. The molecule has 0 amide bonds. The van der Waals surface area contributed by atoms with Gasteiger partial charge in [-0.05, 0) is 30.5 Å². The van der Waals surface area contributed by atoms with E-state index in [0.29, 0.717) is 31.1 Å². The van der Waals surface area contributed by atoms with Crippen molar-refractivity contribution in [2.24, 2.45) is 0 Å². The van der Waals surface area contributed by atoms with Gasteiger partial charge in [-0.3, -0.25) is 0 Å². The lowest BCUT2D eigenvalue weighted by atomic mass is 10.1. The second-order valence-corrected chi connectivity index (χ2v) is 7.36. The van der Waals surface area contributed by atoms with Gasteiger partial charge in [-0.25, -0.2) is 9.59 Å². The third-order valence-corrected chi connectivity index (χ3v) is 5.06. The van der Waals surface area contributed by atoms with Crippen LogP contribution in [0.1, 0.15) is 57.4 Å². The molecule has 9 nitrogen and oxygen atoms in total. The number of benzene rings is 1. The summed E-state index contributed by atoms with van der Waals surface area (Å²) in [6.07, 6.45) is 2.19. The van der Waals surface area contributed by atoms with Crippen LogP contribution in [0.3, 0.4) is 0 Å². The van der Waals surface area contributed by atoms with E-state index in [1.807, 2.05) is 18.2 Å². The molecule has 0 aromatic heterocycles. The lowest BCUT2D eigenvalue weighted by molar-refractivity contribution is -0.177. The zero-order valence-corrected chi connectivity index (χ0v) is 17.5. The molecule has 9 heteroatoms. The summed E-state index contributed by atoms with van der Waals surface area (Å²) < 4.78 is 20.7. The fourth-order valence-corrected chi connectivity index (χ4v) is 3.59. The SMILES string of the molecule is CCCCCCOc1ccc(CNC2CCC(OC(=O)O)(OC(=O)O)C2)cc1OC. The standard InChI is InChI=1S/C21H31NO8/c1-3-4-5-6-11-28-17-8-7-15(12-18(17)27-2)14-22-16-9-10-21(13-16,29-19(23)24)30-20(25)26/h7-8,12,16,22H,3-6,9-11,13-14H2,1-2H3,(H,23,24)(H,25,26). The largest absolute Gasteiger partial charge is 0.509 e. The highest BCUT2D eigenvalue weighted by Crippen LogP contribution is 2.35. The molecule has 1 aromatic rings. The summed E-state index contributed by atoms with van der Waals surface area (Å²) >= 11 is 0. The molecule has 1 saturated carbocycles. The third kappa shape index (κ3) is 7.29. The summed E-state index contributed by atoms with van der Waals surface area (Å²) in [5, 5.41) is 21.1. The fourth-order valence-electron chi connectivity index (χ4n) is 3.59. The molecule has 30 heavy (non-hydrogen) atoms. The number of rotatable bonds is 12. The highest BCUT2D eigenvalue weighted by molar-refractivity contribution is 5.60. The Morgan fingerprint density at radius 2 is 1.87 bits per heavy atom. The van der Waals surface area contributed by atoms with Crippen LogP contribution in [-0.2, 0) is 16.0 Å². The van der Waals surface area contributed by atoms with Crippen molar-refractivity contribution in [2.75, 3.05) is 13.7 Å². The number of unbranched alkanes of at least 4 members (excludes halogenated alkanes) is 3. The Kier molecular flexibility index (Phi) is 9.04. The van der Waals surface area contributed by atoms with Crippen LogP contribution in [0.5, 0.6) is 11.5 Å². The monoisotopic (exact) mass is 425 g/mol. The maximum Gasteiger partial charge on any atom is 0.509 e. The highest BCUT2D eigenvalue weighted by atomic mass is 16.8. The minimum absolute atomic E-state index is 0.113. The average Bonchev–Trinajstić information content (AvgIpc) is 3.07. The highest BCUT2D eigenvalue weighted by Gasteiger charge is 2.46. The van der Waals surface area contributed by atoms with Crippen LogP contribution in [0.15, 0.2) is 18.2 Å². The molecule has 0 heterocycles. The normalized spacial score (nSPS) is 17.3. The lowest BCUT2D eigenvalue weighted by Crippen LogP contribution is -2.39. The number of ether oxygens (including phenoxy) is 4. The Morgan fingerprint density at radius 3 is 2.50 bits per heavy atom. The number of hydrogen-bond acceptors (Lipinski definition) is 7. The Labute approximate surface area is 176 Å². The summed E-state index contributed by atoms with van der Waals surface area (Å²) in [5.74, 6) is -0.320. The van der Waals surface area contributed by atoms with Crippen molar-refractivity contribution in [1.82, 2.24) is 5.32 Å². The van der Waals surface area contributed by atoms with Gasteiger partial charge in [0.2, 0.25) is 0 Å². The maximum absolute atomic E-state index is 10.9. The molecule has 0 spiro atoms. The molecule has 2 rings (SSSR count). The van der Waals surface area contributed by atoms with Crippen molar-refractivity contribution in [1.29, 1.82) is 0 Å². The minimum atomic E-state index is -1.66. The second kappa shape index (κ2) is 11.5. The smallest absolute Gasteiger partial charge is 0.493 e. The van der Waals surface area contributed by atoms with Gasteiger partial charge >= 0.3 is 12.3 Å². The van der Waals surface area contributed by atoms with E-state index in [1.54, 1.807) is 7.11 Å². The molecule has 1 atom stereocenters. The molecular weight excluding hydrogens is 394 g/mol. The van der Waals surface area contributed by atoms with Gasteiger partial charge in [-0.1, -0.05) is 32.3 Å². The Bertz CT molecular complexity index is 692. The Hall–Kier alpha value is -2.68. The lowest BCUT2D eigenvalue weighted by Gasteiger charge is -2.26. The van der Waals surface area contributed by atoms with Crippen LogP contribution < -0.4 is 14.8 Å².